The van der Waals surface area contributed by atoms with Crippen LogP contribution >= 0.6 is 35.0 Å². The quantitative estimate of drug-likeness (QED) is 0.570. The number of nitrogens with one attached hydrogen (secondary N) is 2. The van der Waals surface area contributed by atoms with Crippen molar-refractivity contribution in [3.63, 3.8) is 0 Å². The van der Waals surface area contributed by atoms with Crippen molar-refractivity contribution >= 4 is 46.6 Å². The van der Waals surface area contributed by atoms with Crippen molar-refractivity contribution in [2.45, 2.75) is 24.3 Å². The van der Waals surface area contributed by atoms with Crippen LogP contribution in [0.4, 0.5) is 5.69 Å². The molecule has 1 aromatic heterocycles. The zero-order chi connectivity index (χ0) is 18.7. The Morgan fingerprint density at radius 1 is 1.19 bits per heavy atom. The molecular weight excluding hydrogens is 391 g/mol. The van der Waals surface area contributed by atoms with Gasteiger partial charge in [0.1, 0.15) is 0 Å². The van der Waals surface area contributed by atoms with E-state index in [1.807, 2.05) is 25.1 Å². The van der Waals surface area contributed by atoms with E-state index in [9.17, 15) is 4.79 Å². The Bertz CT molecular complexity index is 927. The van der Waals surface area contributed by atoms with Gasteiger partial charge in [-0.2, -0.15) is 0 Å². The van der Waals surface area contributed by atoms with Crippen LogP contribution in [0, 0.1) is 6.92 Å². The van der Waals surface area contributed by atoms with E-state index in [-0.39, 0.29) is 11.2 Å². The molecular formula is C18H16Cl2N4OS. The fourth-order valence-corrected chi connectivity index (χ4v) is 3.25. The molecule has 1 heterocycles. The van der Waals surface area contributed by atoms with Crippen molar-refractivity contribution in [2.75, 3.05) is 5.32 Å². The second-order valence-electron chi connectivity index (χ2n) is 5.64. The number of H-pyrrole nitrogens is 1. The highest BCUT2D eigenvalue weighted by Crippen LogP contribution is 2.26. The Kier molecular flexibility index (Phi) is 5.86. The summed E-state index contributed by atoms with van der Waals surface area (Å²) in [5.41, 5.74) is 2.41. The lowest BCUT2D eigenvalue weighted by Crippen LogP contribution is -2.23. The van der Waals surface area contributed by atoms with E-state index in [1.165, 1.54) is 11.8 Å². The first kappa shape index (κ1) is 18.8. The van der Waals surface area contributed by atoms with Crippen molar-refractivity contribution in [3.05, 3.63) is 58.1 Å². The number of nitrogens with zero attached hydrogens (tertiary/aromatic N) is 2. The smallest absolute Gasteiger partial charge is 0.237 e. The van der Waals surface area contributed by atoms with Gasteiger partial charge in [-0.05, 0) is 55.8 Å². The summed E-state index contributed by atoms with van der Waals surface area (Å²) >= 11 is 13.3. The predicted octanol–water partition coefficient (Wildman–Crippen LogP) is 5.21. The molecule has 8 heteroatoms. The number of carbonyl (C=O) groups excluding carboxylic acids is 1. The highest BCUT2D eigenvalue weighted by atomic mass is 35.5. The average molecular weight is 407 g/mol. The summed E-state index contributed by atoms with van der Waals surface area (Å²) in [5.74, 6) is 0.487. The summed E-state index contributed by atoms with van der Waals surface area (Å²) in [6, 6.07) is 12.7. The molecule has 0 radical (unpaired) electrons. The summed E-state index contributed by atoms with van der Waals surface area (Å²) in [4.78, 5) is 16.9. The number of benzene rings is 2. The molecule has 0 aliphatic rings. The van der Waals surface area contributed by atoms with Crippen LogP contribution in [0.3, 0.4) is 0 Å². The van der Waals surface area contributed by atoms with Gasteiger partial charge >= 0.3 is 0 Å². The number of rotatable bonds is 5. The van der Waals surface area contributed by atoms with Crippen LogP contribution in [-0.2, 0) is 4.79 Å². The van der Waals surface area contributed by atoms with Gasteiger partial charge in [0.05, 0.1) is 5.25 Å². The summed E-state index contributed by atoms with van der Waals surface area (Å²) in [7, 11) is 0. The average Bonchev–Trinajstić information content (AvgIpc) is 3.08. The lowest BCUT2D eigenvalue weighted by Gasteiger charge is -2.12. The van der Waals surface area contributed by atoms with E-state index in [0.717, 1.165) is 11.1 Å². The molecule has 0 fully saturated rings. The molecule has 1 unspecified atom stereocenters. The maximum atomic E-state index is 12.4. The first-order valence-electron chi connectivity index (χ1n) is 7.85. The van der Waals surface area contributed by atoms with Crippen LogP contribution in [0.5, 0.6) is 0 Å². The molecule has 1 amide bonds. The largest absolute Gasteiger partial charge is 0.325 e. The Morgan fingerprint density at radius 2 is 1.92 bits per heavy atom. The van der Waals surface area contributed by atoms with Crippen molar-refractivity contribution in [1.29, 1.82) is 0 Å². The highest BCUT2D eigenvalue weighted by Gasteiger charge is 2.18. The monoisotopic (exact) mass is 406 g/mol. The van der Waals surface area contributed by atoms with Gasteiger partial charge in [0, 0.05) is 21.3 Å². The number of aromatic nitrogens is 3. The van der Waals surface area contributed by atoms with Gasteiger partial charge < -0.3 is 5.32 Å². The molecule has 0 saturated carbocycles. The minimum atomic E-state index is -0.373. The zero-order valence-electron chi connectivity index (χ0n) is 14.1. The number of anilines is 1. The van der Waals surface area contributed by atoms with Gasteiger partial charge in [0.15, 0.2) is 5.82 Å². The molecule has 2 N–H and O–H groups in total. The Labute approximate surface area is 165 Å². The molecule has 26 heavy (non-hydrogen) atoms. The molecule has 0 aliphatic heterocycles. The van der Waals surface area contributed by atoms with Crippen LogP contribution in [-0.4, -0.2) is 26.3 Å². The molecule has 0 saturated heterocycles. The molecule has 134 valence electrons. The van der Waals surface area contributed by atoms with Crippen LogP contribution in [0.15, 0.2) is 47.6 Å². The Hall–Kier alpha value is -2.02. The molecule has 1 atom stereocenters. The molecule has 0 aliphatic carbocycles. The third-order valence-electron chi connectivity index (χ3n) is 3.76. The van der Waals surface area contributed by atoms with Crippen LogP contribution in [0.2, 0.25) is 10.0 Å². The van der Waals surface area contributed by atoms with Crippen molar-refractivity contribution in [2.24, 2.45) is 0 Å². The number of hydrogen-bond acceptors (Lipinski definition) is 4. The second kappa shape index (κ2) is 8.12. The summed E-state index contributed by atoms with van der Waals surface area (Å²) < 4.78 is 0. The van der Waals surface area contributed by atoms with Crippen molar-refractivity contribution in [3.8, 4) is 11.4 Å². The maximum absolute atomic E-state index is 12.4. The van der Waals surface area contributed by atoms with Gasteiger partial charge in [-0.15, -0.1) is 5.10 Å². The fraction of sp³-hybridized carbons (Fsp3) is 0.167. The summed E-state index contributed by atoms with van der Waals surface area (Å²) in [6.07, 6.45) is 0. The number of amides is 1. The van der Waals surface area contributed by atoms with Crippen LogP contribution in [0.1, 0.15) is 12.5 Å². The van der Waals surface area contributed by atoms with E-state index in [2.05, 4.69) is 20.5 Å². The van der Waals surface area contributed by atoms with Gasteiger partial charge in [-0.1, -0.05) is 41.0 Å². The maximum Gasteiger partial charge on any atom is 0.237 e. The van der Waals surface area contributed by atoms with Crippen LogP contribution < -0.4 is 5.32 Å². The molecule has 5 nitrogen and oxygen atoms in total. The zero-order valence-corrected chi connectivity index (χ0v) is 16.4. The Balaban J connectivity index is 1.66. The normalized spacial score (nSPS) is 12.0. The number of aromatic amines is 1. The molecule has 0 bridgehead atoms. The standard InChI is InChI=1S/C18H16Cl2N4OS/c1-10-14(20)4-3-5-15(10)21-17(25)11(2)26-18-22-16(23-24-18)12-6-8-13(19)9-7-12/h3-9,11H,1-2H3,(H,21,25)(H,22,23,24). The molecule has 2 aromatic carbocycles. The highest BCUT2D eigenvalue weighted by molar-refractivity contribution is 8.00. The Morgan fingerprint density at radius 3 is 2.65 bits per heavy atom. The second-order valence-corrected chi connectivity index (χ2v) is 7.79. The first-order valence-corrected chi connectivity index (χ1v) is 9.48. The van der Waals surface area contributed by atoms with E-state index in [1.54, 1.807) is 31.2 Å². The SMILES string of the molecule is Cc1c(Cl)cccc1NC(=O)C(C)Sc1n[nH]c(-c2ccc(Cl)cc2)n1. The summed E-state index contributed by atoms with van der Waals surface area (Å²) in [5, 5.41) is 11.3. The van der Waals surface area contributed by atoms with Crippen molar-refractivity contribution in [1.82, 2.24) is 15.2 Å². The minimum Gasteiger partial charge on any atom is -0.325 e. The number of halogens is 2. The van der Waals surface area contributed by atoms with Gasteiger partial charge in [-0.3, -0.25) is 9.89 Å². The number of hydrogen-bond donors (Lipinski definition) is 2. The van der Waals surface area contributed by atoms with Crippen molar-refractivity contribution < 1.29 is 4.79 Å². The third kappa shape index (κ3) is 4.38. The topological polar surface area (TPSA) is 70.7 Å². The van der Waals surface area contributed by atoms with Crippen LogP contribution in [0.25, 0.3) is 11.4 Å². The predicted molar refractivity (Wildman–Crippen MR) is 107 cm³/mol. The molecule has 0 spiro atoms. The number of thioether (sulfide) groups is 1. The van der Waals surface area contributed by atoms with Gasteiger partial charge in [0.25, 0.3) is 0 Å². The molecule has 3 rings (SSSR count). The lowest BCUT2D eigenvalue weighted by atomic mass is 10.2. The van der Waals surface area contributed by atoms with E-state index >= 15 is 0 Å². The lowest BCUT2D eigenvalue weighted by molar-refractivity contribution is -0.115. The number of carbonyl (C=O) groups is 1. The van der Waals surface area contributed by atoms with E-state index in [4.69, 9.17) is 23.2 Å². The summed E-state index contributed by atoms with van der Waals surface area (Å²) in [6.45, 7) is 3.67. The van der Waals surface area contributed by atoms with E-state index in [0.29, 0.717) is 26.7 Å². The third-order valence-corrected chi connectivity index (χ3v) is 5.38. The first-order chi connectivity index (χ1) is 12.4. The van der Waals surface area contributed by atoms with Gasteiger partial charge in [0.2, 0.25) is 11.1 Å². The van der Waals surface area contributed by atoms with E-state index < -0.39 is 0 Å². The minimum absolute atomic E-state index is 0.141. The fourth-order valence-electron chi connectivity index (χ4n) is 2.22. The molecule has 3 aromatic rings. The van der Waals surface area contributed by atoms with Gasteiger partial charge in [-0.25, -0.2) is 4.98 Å².